The lowest BCUT2D eigenvalue weighted by Crippen LogP contribution is -3.15. The third kappa shape index (κ3) is 11.5. The monoisotopic (exact) mass is 330 g/mol. The SMILES string of the molecule is CC(C)OC(=O)CCCCCCCC[C@@H](O)C[NH+]1CCOCC1. The summed E-state index contributed by atoms with van der Waals surface area (Å²) >= 11 is 0. The summed E-state index contributed by atoms with van der Waals surface area (Å²) in [7, 11) is 0. The molecule has 0 bridgehead atoms. The number of ether oxygens (including phenoxy) is 2. The molecule has 0 unspecified atom stereocenters. The van der Waals surface area contributed by atoms with E-state index in [9.17, 15) is 9.90 Å². The summed E-state index contributed by atoms with van der Waals surface area (Å²) in [6.07, 6.45) is 7.91. The van der Waals surface area contributed by atoms with Crippen molar-refractivity contribution in [3.63, 3.8) is 0 Å². The van der Waals surface area contributed by atoms with Gasteiger partial charge in [-0.25, -0.2) is 0 Å². The normalized spacial score (nSPS) is 17.4. The third-order valence-corrected chi connectivity index (χ3v) is 4.26. The van der Waals surface area contributed by atoms with Crippen LogP contribution in [-0.2, 0) is 14.3 Å². The van der Waals surface area contributed by atoms with E-state index < -0.39 is 0 Å². The number of carbonyl (C=O) groups is 1. The van der Waals surface area contributed by atoms with E-state index in [1.807, 2.05) is 13.8 Å². The standard InChI is InChI=1S/C18H35NO4/c1-16(2)23-18(21)10-8-6-4-3-5-7-9-17(20)15-19-11-13-22-14-12-19/h16-17,20H,3-15H2,1-2H3/p+1/t17-/m1/s1. The van der Waals surface area contributed by atoms with Crippen LogP contribution in [0.2, 0.25) is 0 Å². The van der Waals surface area contributed by atoms with E-state index in [0.29, 0.717) is 6.42 Å². The number of nitrogens with one attached hydrogen (secondary N) is 1. The maximum atomic E-state index is 11.4. The Morgan fingerprint density at radius 1 is 1.09 bits per heavy atom. The fourth-order valence-electron chi connectivity index (χ4n) is 2.98. The molecular weight excluding hydrogens is 294 g/mol. The number of unbranched alkanes of at least 4 members (excludes halogenated alkanes) is 5. The summed E-state index contributed by atoms with van der Waals surface area (Å²) in [5.74, 6) is -0.0752. The summed E-state index contributed by atoms with van der Waals surface area (Å²) in [6, 6.07) is 0. The maximum absolute atomic E-state index is 11.4. The Labute approximate surface area is 141 Å². The molecule has 1 atom stereocenters. The molecule has 0 aliphatic carbocycles. The highest BCUT2D eigenvalue weighted by Crippen LogP contribution is 2.10. The van der Waals surface area contributed by atoms with Gasteiger partial charge in [-0.05, 0) is 26.7 Å². The molecule has 2 N–H and O–H groups in total. The average Bonchev–Trinajstić information content (AvgIpc) is 2.50. The second-order valence-corrected chi connectivity index (χ2v) is 6.92. The number of hydrogen-bond acceptors (Lipinski definition) is 4. The number of carbonyl (C=O) groups excluding carboxylic acids is 1. The van der Waals surface area contributed by atoms with Crippen molar-refractivity contribution in [2.75, 3.05) is 32.8 Å². The molecule has 0 spiro atoms. The minimum Gasteiger partial charge on any atom is -0.463 e. The number of aliphatic hydroxyl groups excluding tert-OH is 1. The summed E-state index contributed by atoms with van der Waals surface area (Å²) in [4.78, 5) is 12.8. The third-order valence-electron chi connectivity index (χ3n) is 4.26. The highest BCUT2D eigenvalue weighted by atomic mass is 16.5. The minimum absolute atomic E-state index is 0.00627. The summed E-state index contributed by atoms with van der Waals surface area (Å²) < 4.78 is 10.4. The van der Waals surface area contributed by atoms with Crippen molar-refractivity contribution in [3.05, 3.63) is 0 Å². The lowest BCUT2D eigenvalue weighted by atomic mass is 10.1. The Kier molecular flexibility index (Phi) is 11.3. The smallest absolute Gasteiger partial charge is 0.306 e. The molecule has 0 saturated carbocycles. The van der Waals surface area contributed by atoms with Crippen molar-refractivity contribution in [2.45, 2.75) is 77.4 Å². The predicted octanol–water partition coefficient (Wildman–Crippen LogP) is 1.33. The maximum Gasteiger partial charge on any atom is 0.306 e. The number of rotatable bonds is 12. The highest BCUT2D eigenvalue weighted by molar-refractivity contribution is 5.69. The van der Waals surface area contributed by atoms with Crippen molar-refractivity contribution in [1.82, 2.24) is 0 Å². The molecule has 0 aromatic rings. The van der Waals surface area contributed by atoms with E-state index in [-0.39, 0.29) is 18.2 Å². The van der Waals surface area contributed by atoms with E-state index in [1.165, 1.54) is 24.2 Å². The van der Waals surface area contributed by atoms with Gasteiger partial charge in [-0.2, -0.15) is 0 Å². The lowest BCUT2D eigenvalue weighted by molar-refractivity contribution is -0.911. The van der Waals surface area contributed by atoms with Crippen LogP contribution in [0.1, 0.15) is 65.2 Å². The van der Waals surface area contributed by atoms with Crippen LogP contribution in [0.15, 0.2) is 0 Å². The first-order chi connectivity index (χ1) is 11.1. The lowest BCUT2D eigenvalue weighted by Gasteiger charge is -2.25. The van der Waals surface area contributed by atoms with Gasteiger partial charge in [-0.3, -0.25) is 4.79 Å². The van der Waals surface area contributed by atoms with Crippen LogP contribution >= 0.6 is 0 Å². The van der Waals surface area contributed by atoms with E-state index >= 15 is 0 Å². The molecule has 0 aromatic heterocycles. The van der Waals surface area contributed by atoms with Crippen molar-refractivity contribution in [1.29, 1.82) is 0 Å². The van der Waals surface area contributed by atoms with Gasteiger partial charge in [0.25, 0.3) is 0 Å². The second kappa shape index (κ2) is 12.7. The number of esters is 1. The van der Waals surface area contributed by atoms with E-state index in [0.717, 1.165) is 58.5 Å². The largest absolute Gasteiger partial charge is 0.463 e. The molecule has 1 rings (SSSR count). The molecule has 0 aromatic carbocycles. The fraction of sp³-hybridized carbons (Fsp3) is 0.944. The molecule has 1 heterocycles. The molecule has 23 heavy (non-hydrogen) atoms. The van der Waals surface area contributed by atoms with Gasteiger partial charge in [0.1, 0.15) is 25.7 Å². The quantitative estimate of drug-likeness (QED) is 0.419. The fourth-order valence-corrected chi connectivity index (χ4v) is 2.98. The minimum atomic E-state index is -0.172. The molecule has 1 saturated heterocycles. The highest BCUT2D eigenvalue weighted by Gasteiger charge is 2.17. The number of aliphatic hydroxyl groups is 1. The average molecular weight is 330 g/mol. The van der Waals surface area contributed by atoms with Crippen LogP contribution in [0.3, 0.4) is 0 Å². The zero-order chi connectivity index (χ0) is 16.9. The topological polar surface area (TPSA) is 60.2 Å². The van der Waals surface area contributed by atoms with Gasteiger partial charge in [0.15, 0.2) is 0 Å². The van der Waals surface area contributed by atoms with E-state index in [1.54, 1.807) is 0 Å². The summed E-state index contributed by atoms with van der Waals surface area (Å²) in [5, 5.41) is 10.1. The van der Waals surface area contributed by atoms with Crippen LogP contribution < -0.4 is 4.90 Å². The predicted molar refractivity (Wildman–Crippen MR) is 90.6 cm³/mol. The molecule has 5 heteroatoms. The molecule has 136 valence electrons. The zero-order valence-corrected chi connectivity index (χ0v) is 15.0. The molecule has 5 nitrogen and oxygen atoms in total. The van der Waals surface area contributed by atoms with Gasteiger partial charge < -0.3 is 19.5 Å². The van der Waals surface area contributed by atoms with Gasteiger partial charge >= 0.3 is 5.97 Å². The molecule has 1 aliphatic rings. The van der Waals surface area contributed by atoms with Gasteiger partial charge in [0.05, 0.1) is 19.3 Å². The number of morpholine rings is 1. The van der Waals surface area contributed by atoms with Crippen molar-refractivity contribution >= 4 is 5.97 Å². The first kappa shape index (κ1) is 20.4. The van der Waals surface area contributed by atoms with Gasteiger partial charge in [0.2, 0.25) is 0 Å². The van der Waals surface area contributed by atoms with Crippen LogP contribution in [0.25, 0.3) is 0 Å². The van der Waals surface area contributed by atoms with Crippen LogP contribution in [0.4, 0.5) is 0 Å². The Bertz CT molecular complexity index is 303. The van der Waals surface area contributed by atoms with E-state index in [4.69, 9.17) is 9.47 Å². The van der Waals surface area contributed by atoms with Crippen LogP contribution in [0.5, 0.6) is 0 Å². The Hall–Kier alpha value is -0.650. The summed E-state index contributed by atoms with van der Waals surface area (Å²) in [6.45, 7) is 8.33. The Balaban J connectivity index is 1.86. The first-order valence-corrected chi connectivity index (χ1v) is 9.36. The molecule has 1 fully saturated rings. The summed E-state index contributed by atoms with van der Waals surface area (Å²) in [5.41, 5.74) is 0. The number of hydrogen-bond donors (Lipinski definition) is 2. The number of quaternary nitrogens is 1. The van der Waals surface area contributed by atoms with Gasteiger partial charge in [0, 0.05) is 6.42 Å². The van der Waals surface area contributed by atoms with Crippen molar-refractivity contribution in [2.24, 2.45) is 0 Å². The van der Waals surface area contributed by atoms with Crippen LogP contribution in [0, 0.1) is 0 Å². The molecular formula is C18H36NO4+. The van der Waals surface area contributed by atoms with Gasteiger partial charge in [-0.1, -0.05) is 32.1 Å². The molecule has 0 radical (unpaired) electrons. The molecule has 1 aliphatic heterocycles. The van der Waals surface area contributed by atoms with Gasteiger partial charge in [-0.15, -0.1) is 0 Å². The van der Waals surface area contributed by atoms with E-state index in [2.05, 4.69) is 0 Å². The van der Waals surface area contributed by atoms with Crippen molar-refractivity contribution in [3.8, 4) is 0 Å². The first-order valence-electron chi connectivity index (χ1n) is 9.36. The van der Waals surface area contributed by atoms with Crippen molar-refractivity contribution < 1.29 is 24.3 Å². The van der Waals surface area contributed by atoms with Crippen LogP contribution in [-0.4, -0.2) is 56.1 Å². The second-order valence-electron chi connectivity index (χ2n) is 6.92. The Morgan fingerprint density at radius 2 is 1.70 bits per heavy atom. The molecule has 0 amide bonds. The zero-order valence-electron chi connectivity index (χ0n) is 15.0. The Morgan fingerprint density at radius 3 is 2.35 bits per heavy atom.